The Morgan fingerprint density at radius 1 is 1.07 bits per heavy atom. The number of nitrogens with one attached hydrogen (secondary N) is 1. The molecule has 0 bridgehead atoms. The van der Waals surface area contributed by atoms with Crippen molar-refractivity contribution in [3.8, 4) is 0 Å². The normalized spacial score (nSPS) is 18.6. The Kier molecular flexibility index (Phi) is 5.64. The highest BCUT2D eigenvalue weighted by Gasteiger charge is 2.28. The second-order valence-electron chi connectivity index (χ2n) is 7.93. The molecule has 2 aliphatic rings. The van der Waals surface area contributed by atoms with Crippen molar-refractivity contribution in [2.24, 2.45) is 5.92 Å². The van der Waals surface area contributed by atoms with Gasteiger partial charge in [0, 0.05) is 12.1 Å². The Bertz CT molecular complexity index is 923. The number of aryl methyl sites for hydroxylation is 1. The zero-order chi connectivity index (χ0) is 19.6. The number of hydrogen-bond donors (Lipinski definition) is 1. The fourth-order valence-electron chi connectivity index (χ4n) is 4.07. The Balaban J connectivity index is 1.63. The minimum absolute atomic E-state index is 0.189. The van der Waals surface area contributed by atoms with Crippen LogP contribution in [0, 0.1) is 5.92 Å². The second kappa shape index (κ2) is 8.17. The average molecular weight is 401 g/mol. The molecule has 1 N–H and O–H groups in total. The van der Waals surface area contributed by atoms with Crippen molar-refractivity contribution in [1.82, 2.24) is 14.9 Å². The van der Waals surface area contributed by atoms with Gasteiger partial charge in [0.1, 0.15) is 0 Å². The molecule has 1 fully saturated rings. The van der Waals surface area contributed by atoms with E-state index in [1.165, 1.54) is 0 Å². The van der Waals surface area contributed by atoms with Crippen molar-refractivity contribution in [2.45, 2.75) is 48.4 Å². The van der Waals surface area contributed by atoms with Crippen LogP contribution in [-0.4, -0.2) is 50.0 Å². The molecule has 0 radical (unpaired) electrons. The quantitative estimate of drug-likeness (QED) is 0.778. The van der Waals surface area contributed by atoms with Crippen LogP contribution in [0.25, 0.3) is 0 Å². The molecule has 1 aromatic carbocycles. The summed E-state index contributed by atoms with van der Waals surface area (Å²) in [7, 11) is -1.50. The van der Waals surface area contributed by atoms with E-state index < -0.39 is 9.84 Å². The highest BCUT2D eigenvalue weighted by atomic mass is 32.2. The fraction of sp³-hybridized carbons (Fsp3) is 0.524. The molecule has 7 heteroatoms. The molecule has 1 aliphatic carbocycles. The lowest BCUT2D eigenvalue weighted by Gasteiger charge is -2.29. The van der Waals surface area contributed by atoms with Gasteiger partial charge < -0.3 is 10.2 Å². The van der Waals surface area contributed by atoms with E-state index >= 15 is 0 Å². The van der Waals surface area contributed by atoms with E-state index in [0.29, 0.717) is 16.8 Å². The maximum atomic E-state index is 13.3. The molecule has 0 spiro atoms. The molecule has 0 atom stereocenters. The largest absolute Gasteiger partial charge is 0.354 e. The summed E-state index contributed by atoms with van der Waals surface area (Å²) in [6.07, 6.45) is 5.86. The van der Waals surface area contributed by atoms with E-state index in [4.69, 9.17) is 0 Å². The molecule has 150 valence electrons. The van der Waals surface area contributed by atoms with Gasteiger partial charge >= 0.3 is 0 Å². The summed E-state index contributed by atoms with van der Waals surface area (Å²) in [5.41, 5.74) is 1.70. The minimum Gasteiger partial charge on any atom is -0.354 e. The van der Waals surface area contributed by atoms with Gasteiger partial charge in [-0.3, -0.25) is 0 Å². The van der Waals surface area contributed by atoms with E-state index in [1.54, 1.807) is 24.3 Å². The van der Waals surface area contributed by atoms with Crippen LogP contribution in [0.5, 0.6) is 0 Å². The number of benzene rings is 1. The van der Waals surface area contributed by atoms with E-state index in [2.05, 4.69) is 27.2 Å². The summed E-state index contributed by atoms with van der Waals surface area (Å²) < 4.78 is 26.6. The first kappa shape index (κ1) is 19.3. The van der Waals surface area contributed by atoms with Gasteiger partial charge in [-0.1, -0.05) is 18.2 Å². The summed E-state index contributed by atoms with van der Waals surface area (Å²) >= 11 is 0. The Labute approximate surface area is 167 Å². The van der Waals surface area contributed by atoms with Crippen LogP contribution in [0.1, 0.15) is 36.9 Å². The van der Waals surface area contributed by atoms with Crippen molar-refractivity contribution < 1.29 is 8.42 Å². The smallest absolute Gasteiger partial charge is 0.224 e. The first-order valence-corrected chi connectivity index (χ1v) is 11.6. The van der Waals surface area contributed by atoms with Crippen LogP contribution in [-0.2, 0) is 22.7 Å². The molecular weight excluding hydrogens is 372 g/mol. The number of nitrogens with zero attached hydrogens (tertiary/aromatic N) is 3. The predicted molar refractivity (Wildman–Crippen MR) is 109 cm³/mol. The topological polar surface area (TPSA) is 75.2 Å². The Morgan fingerprint density at radius 2 is 1.79 bits per heavy atom. The van der Waals surface area contributed by atoms with Gasteiger partial charge in [-0.05, 0) is 76.7 Å². The van der Waals surface area contributed by atoms with Crippen molar-refractivity contribution in [3.63, 3.8) is 0 Å². The zero-order valence-corrected chi connectivity index (χ0v) is 17.2. The highest BCUT2D eigenvalue weighted by Crippen LogP contribution is 2.30. The molecule has 6 nitrogen and oxygen atoms in total. The maximum Gasteiger partial charge on any atom is 0.224 e. The molecule has 1 aromatic heterocycles. The lowest BCUT2D eigenvalue weighted by atomic mass is 9.97. The lowest BCUT2D eigenvalue weighted by Crippen LogP contribution is -2.33. The van der Waals surface area contributed by atoms with Gasteiger partial charge in [0.2, 0.25) is 15.8 Å². The van der Waals surface area contributed by atoms with Crippen LogP contribution in [0.3, 0.4) is 0 Å². The van der Waals surface area contributed by atoms with Crippen LogP contribution in [0.15, 0.2) is 40.3 Å². The molecule has 28 heavy (non-hydrogen) atoms. The van der Waals surface area contributed by atoms with Gasteiger partial charge in [-0.25, -0.2) is 18.4 Å². The number of rotatable bonds is 5. The van der Waals surface area contributed by atoms with Crippen molar-refractivity contribution in [3.05, 3.63) is 41.6 Å². The van der Waals surface area contributed by atoms with Crippen LogP contribution in [0.4, 0.5) is 5.95 Å². The van der Waals surface area contributed by atoms with Crippen molar-refractivity contribution >= 4 is 15.8 Å². The van der Waals surface area contributed by atoms with Gasteiger partial charge in [0.05, 0.1) is 10.6 Å². The van der Waals surface area contributed by atoms with Crippen LogP contribution < -0.4 is 5.32 Å². The zero-order valence-electron chi connectivity index (χ0n) is 16.4. The summed E-state index contributed by atoms with van der Waals surface area (Å²) in [5.74, 6) is 1.03. The van der Waals surface area contributed by atoms with Gasteiger partial charge in [0.15, 0.2) is 5.03 Å². The summed E-state index contributed by atoms with van der Waals surface area (Å²) in [5, 5.41) is 3.53. The number of piperidine rings is 1. The third-order valence-electron chi connectivity index (χ3n) is 5.84. The number of aromatic nitrogens is 2. The number of likely N-dealkylation sites (tertiary alicyclic amines) is 1. The number of fused-ring (bicyclic) bond motifs is 1. The maximum absolute atomic E-state index is 13.3. The monoisotopic (exact) mass is 400 g/mol. The molecule has 0 amide bonds. The summed E-state index contributed by atoms with van der Waals surface area (Å²) in [6, 6.07) is 8.60. The van der Waals surface area contributed by atoms with Crippen LogP contribution >= 0.6 is 0 Å². The molecular formula is C21H28N4O2S. The Morgan fingerprint density at radius 3 is 2.54 bits per heavy atom. The van der Waals surface area contributed by atoms with E-state index in [-0.39, 0.29) is 5.03 Å². The third-order valence-corrected chi connectivity index (χ3v) is 7.58. The van der Waals surface area contributed by atoms with Crippen molar-refractivity contribution in [1.29, 1.82) is 0 Å². The van der Waals surface area contributed by atoms with Gasteiger partial charge in [-0.15, -0.1) is 0 Å². The SMILES string of the molecule is CN1CCC(CNc2nc3c(c(S(=O)(=O)c4ccccc4)n2)CCCC3)CC1. The first-order chi connectivity index (χ1) is 13.5. The summed E-state index contributed by atoms with van der Waals surface area (Å²) in [6.45, 7) is 2.99. The minimum atomic E-state index is -3.65. The average Bonchev–Trinajstić information content (AvgIpc) is 2.73. The lowest BCUT2D eigenvalue weighted by molar-refractivity contribution is 0.226. The van der Waals surface area contributed by atoms with Crippen molar-refractivity contribution in [2.75, 3.05) is 32.0 Å². The molecule has 2 aromatic rings. The predicted octanol–water partition coefficient (Wildman–Crippen LogP) is 2.94. The Hall–Kier alpha value is -1.99. The van der Waals surface area contributed by atoms with E-state index in [0.717, 1.165) is 69.4 Å². The summed E-state index contributed by atoms with van der Waals surface area (Å²) in [4.78, 5) is 11.8. The molecule has 0 saturated carbocycles. The van der Waals surface area contributed by atoms with Crippen LogP contribution in [0.2, 0.25) is 0 Å². The molecule has 1 aliphatic heterocycles. The molecule has 4 rings (SSSR count). The molecule has 1 saturated heterocycles. The van der Waals surface area contributed by atoms with Gasteiger partial charge in [0.25, 0.3) is 0 Å². The number of anilines is 1. The van der Waals surface area contributed by atoms with E-state index in [1.807, 2.05) is 6.07 Å². The first-order valence-electron chi connectivity index (χ1n) is 10.2. The molecule has 0 unspecified atom stereocenters. The highest BCUT2D eigenvalue weighted by molar-refractivity contribution is 7.91. The third kappa shape index (κ3) is 4.05. The van der Waals surface area contributed by atoms with Gasteiger partial charge in [-0.2, -0.15) is 0 Å². The second-order valence-corrected chi connectivity index (χ2v) is 9.79. The molecule has 2 heterocycles. The van der Waals surface area contributed by atoms with E-state index in [9.17, 15) is 8.42 Å². The fourth-order valence-corrected chi connectivity index (χ4v) is 5.56. The number of sulfone groups is 1. The standard InChI is InChI=1S/C21H28N4O2S/c1-25-13-11-16(12-14-25)15-22-21-23-19-10-6-5-9-18(19)20(24-21)28(26,27)17-7-3-2-4-8-17/h2-4,7-8,16H,5-6,9-15H2,1H3,(H,22,23,24). The number of hydrogen-bond acceptors (Lipinski definition) is 6.